The molecule has 38 heavy (non-hydrogen) atoms. The van der Waals surface area contributed by atoms with Crippen molar-refractivity contribution in [2.75, 3.05) is 0 Å². The lowest BCUT2D eigenvalue weighted by Crippen LogP contribution is -2.14. The minimum atomic E-state index is 0.902. The Morgan fingerprint density at radius 2 is 1.37 bits per heavy atom. The highest BCUT2D eigenvalue weighted by molar-refractivity contribution is 5.94. The normalized spacial score (nSPS) is 14.6. The molecule has 0 N–H and O–H groups in total. The lowest BCUT2D eigenvalue weighted by atomic mass is 9.94. The lowest BCUT2D eigenvalue weighted by Gasteiger charge is -2.14. The molecule has 1 aromatic heterocycles. The molecule has 0 fully saturated rings. The average Bonchev–Trinajstić information content (AvgIpc) is 3.53. The number of nitrogens with zero attached hydrogens (tertiary/aromatic N) is 2. The number of hydrogen-bond acceptors (Lipinski definition) is 1. The van der Waals surface area contributed by atoms with Crippen LogP contribution in [-0.2, 0) is 6.42 Å². The van der Waals surface area contributed by atoms with E-state index in [4.69, 9.17) is 4.99 Å². The third-order valence-electron chi connectivity index (χ3n) is 7.86. The molecule has 8 rings (SSSR count). The van der Waals surface area contributed by atoms with E-state index in [1.807, 2.05) is 0 Å². The second kappa shape index (κ2) is 8.29. The number of allylic oxidation sites excluding steroid dienone is 1. The molecule has 2 nitrogen and oxygen atoms in total. The van der Waals surface area contributed by atoms with Crippen LogP contribution in [0.25, 0.3) is 50.5 Å². The Bertz CT molecular complexity index is 2020. The molecule has 1 aliphatic heterocycles. The van der Waals surface area contributed by atoms with Crippen LogP contribution in [0.4, 0.5) is 5.69 Å². The van der Waals surface area contributed by atoms with E-state index in [-0.39, 0.29) is 0 Å². The summed E-state index contributed by atoms with van der Waals surface area (Å²) >= 11 is 0. The van der Waals surface area contributed by atoms with Gasteiger partial charge in [0.25, 0.3) is 0 Å². The number of fused-ring (bicyclic) bond motifs is 6. The van der Waals surface area contributed by atoms with Gasteiger partial charge in [-0.3, -0.25) is 0 Å². The second-order valence-electron chi connectivity index (χ2n) is 10.0. The van der Waals surface area contributed by atoms with Gasteiger partial charge < -0.3 is 4.57 Å². The van der Waals surface area contributed by atoms with Crippen LogP contribution in [0.2, 0.25) is 0 Å². The fourth-order valence-electron chi connectivity index (χ4n) is 6.00. The van der Waals surface area contributed by atoms with Gasteiger partial charge in [-0.25, -0.2) is 4.99 Å². The third kappa shape index (κ3) is 3.24. The number of benzene rings is 5. The maximum atomic E-state index is 4.81. The van der Waals surface area contributed by atoms with E-state index >= 15 is 0 Å². The van der Waals surface area contributed by atoms with E-state index in [0.29, 0.717) is 0 Å². The van der Waals surface area contributed by atoms with E-state index < -0.39 is 0 Å². The van der Waals surface area contributed by atoms with Gasteiger partial charge in [-0.2, -0.15) is 0 Å². The van der Waals surface area contributed by atoms with Crippen LogP contribution in [-0.4, -0.2) is 4.57 Å². The van der Waals surface area contributed by atoms with Crippen LogP contribution in [0, 0.1) is 0 Å². The van der Waals surface area contributed by atoms with Gasteiger partial charge in [0, 0.05) is 28.6 Å². The molecule has 178 valence electrons. The first-order valence-electron chi connectivity index (χ1n) is 13.1. The first kappa shape index (κ1) is 21.2. The van der Waals surface area contributed by atoms with Crippen LogP contribution < -0.4 is 10.6 Å². The predicted octanol–water partition coefficient (Wildman–Crippen LogP) is 7.65. The molecule has 2 heterocycles. The molecule has 2 heteroatoms. The van der Waals surface area contributed by atoms with Gasteiger partial charge in [0.15, 0.2) is 0 Å². The number of hydrogen-bond donors (Lipinski definition) is 0. The van der Waals surface area contributed by atoms with E-state index in [2.05, 4.69) is 138 Å². The molecule has 0 unspecified atom stereocenters. The summed E-state index contributed by atoms with van der Waals surface area (Å²) in [5.41, 5.74) is 12.4. The van der Waals surface area contributed by atoms with Crippen molar-refractivity contribution in [2.45, 2.75) is 6.42 Å². The number of para-hydroxylation sites is 2. The van der Waals surface area contributed by atoms with Gasteiger partial charge in [-0.15, -0.1) is 0 Å². The lowest BCUT2D eigenvalue weighted by molar-refractivity contribution is 1.08. The number of aromatic nitrogens is 1. The Kier molecular flexibility index (Phi) is 4.62. The SMILES string of the molecule is C1=Cc2c(c3ccccc3n2-c2ccc(-c3ccccc3)cc2)CC1=c1ccc2c(c1)-c1ccccc1N=2. The molecular weight excluding hydrogens is 460 g/mol. The summed E-state index contributed by atoms with van der Waals surface area (Å²) in [7, 11) is 0. The zero-order chi connectivity index (χ0) is 25.1. The molecule has 5 aromatic carbocycles. The standard InChI is InChI=1S/C36H24N2/c1-2-8-24(9-3-1)25-14-18-28(19-15-25)38-35-13-7-5-11-30(35)32-23-27(17-21-36(32)38)26-16-20-34-31(22-26)29-10-4-6-12-33(29)37-34/h1-22H,23H2. The first-order valence-corrected chi connectivity index (χ1v) is 13.1. The molecule has 6 aromatic rings. The highest BCUT2D eigenvalue weighted by Crippen LogP contribution is 2.36. The zero-order valence-electron chi connectivity index (χ0n) is 20.8. The van der Waals surface area contributed by atoms with Crippen LogP contribution >= 0.6 is 0 Å². The Labute approximate surface area is 221 Å². The molecule has 0 radical (unpaired) electrons. The van der Waals surface area contributed by atoms with Gasteiger partial charge in [-0.1, -0.05) is 91.0 Å². The van der Waals surface area contributed by atoms with Gasteiger partial charge >= 0.3 is 0 Å². The van der Waals surface area contributed by atoms with Crippen molar-refractivity contribution >= 4 is 28.2 Å². The molecule has 2 aliphatic rings. The molecule has 1 aliphatic carbocycles. The summed E-state index contributed by atoms with van der Waals surface area (Å²) in [6.07, 6.45) is 5.50. The molecule has 0 saturated heterocycles. The van der Waals surface area contributed by atoms with Crippen molar-refractivity contribution in [1.82, 2.24) is 4.57 Å². The Balaban J connectivity index is 1.26. The summed E-state index contributed by atoms with van der Waals surface area (Å²) in [5, 5.41) is 3.64. The van der Waals surface area contributed by atoms with Crippen molar-refractivity contribution in [3.05, 3.63) is 149 Å². The first-order chi connectivity index (χ1) is 18.8. The summed E-state index contributed by atoms with van der Waals surface area (Å²) in [4.78, 5) is 4.81. The monoisotopic (exact) mass is 484 g/mol. The fourth-order valence-corrected chi connectivity index (χ4v) is 6.00. The molecular formula is C36H24N2. The Morgan fingerprint density at radius 3 is 2.26 bits per heavy atom. The smallest absolute Gasteiger partial charge is 0.0716 e. The third-order valence-corrected chi connectivity index (χ3v) is 7.86. The van der Waals surface area contributed by atoms with Crippen LogP contribution in [0.3, 0.4) is 0 Å². The topological polar surface area (TPSA) is 17.3 Å². The van der Waals surface area contributed by atoms with Crippen molar-refractivity contribution < 1.29 is 0 Å². The Hall–Kier alpha value is -4.95. The van der Waals surface area contributed by atoms with Crippen molar-refractivity contribution in [3.8, 4) is 27.9 Å². The van der Waals surface area contributed by atoms with Crippen LogP contribution in [0.15, 0.2) is 132 Å². The van der Waals surface area contributed by atoms with Crippen molar-refractivity contribution in [3.63, 3.8) is 0 Å². The van der Waals surface area contributed by atoms with E-state index in [1.54, 1.807) is 0 Å². The van der Waals surface area contributed by atoms with E-state index in [1.165, 1.54) is 60.9 Å². The second-order valence-corrected chi connectivity index (χ2v) is 10.0. The van der Waals surface area contributed by atoms with Crippen molar-refractivity contribution in [1.29, 1.82) is 0 Å². The van der Waals surface area contributed by atoms with Crippen LogP contribution in [0.5, 0.6) is 0 Å². The molecule has 0 bridgehead atoms. The highest BCUT2D eigenvalue weighted by atomic mass is 15.0. The summed E-state index contributed by atoms with van der Waals surface area (Å²) in [6, 6.07) is 43.4. The largest absolute Gasteiger partial charge is 0.310 e. The minimum absolute atomic E-state index is 0.902. The van der Waals surface area contributed by atoms with Gasteiger partial charge in [-0.05, 0) is 70.0 Å². The number of rotatable bonds is 2. The fraction of sp³-hybridized carbons (Fsp3) is 0.0278. The maximum absolute atomic E-state index is 4.81. The zero-order valence-corrected chi connectivity index (χ0v) is 20.8. The summed E-state index contributed by atoms with van der Waals surface area (Å²) in [5.74, 6) is 0. The van der Waals surface area contributed by atoms with Crippen LogP contribution in [0.1, 0.15) is 11.3 Å². The predicted molar refractivity (Wildman–Crippen MR) is 157 cm³/mol. The average molecular weight is 485 g/mol. The van der Waals surface area contributed by atoms with Gasteiger partial charge in [0.05, 0.1) is 22.3 Å². The maximum Gasteiger partial charge on any atom is 0.0716 e. The van der Waals surface area contributed by atoms with E-state index in [0.717, 1.165) is 17.5 Å². The molecule has 0 spiro atoms. The Morgan fingerprint density at radius 1 is 0.605 bits per heavy atom. The van der Waals surface area contributed by atoms with Crippen molar-refractivity contribution in [2.24, 2.45) is 4.99 Å². The van der Waals surface area contributed by atoms with E-state index in [9.17, 15) is 0 Å². The summed E-state index contributed by atoms with van der Waals surface area (Å²) in [6.45, 7) is 0. The minimum Gasteiger partial charge on any atom is -0.310 e. The molecule has 0 saturated carbocycles. The van der Waals surface area contributed by atoms with Gasteiger partial charge in [0.1, 0.15) is 0 Å². The summed E-state index contributed by atoms with van der Waals surface area (Å²) < 4.78 is 2.41. The van der Waals surface area contributed by atoms with Gasteiger partial charge in [0.2, 0.25) is 0 Å². The quantitative estimate of drug-likeness (QED) is 0.240. The highest BCUT2D eigenvalue weighted by Gasteiger charge is 2.21. The molecule has 0 amide bonds. The molecule has 0 atom stereocenters.